The van der Waals surface area contributed by atoms with Gasteiger partial charge in [0.05, 0.1) is 5.60 Å². The Morgan fingerprint density at radius 1 is 1.19 bits per heavy atom. The zero-order valence-electron chi connectivity index (χ0n) is 8.97. The van der Waals surface area contributed by atoms with Crippen molar-refractivity contribution in [1.82, 2.24) is 5.32 Å². The van der Waals surface area contributed by atoms with Crippen LogP contribution in [0.25, 0.3) is 0 Å². The van der Waals surface area contributed by atoms with Crippen LogP contribution < -0.4 is 5.32 Å². The highest BCUT2D eigenvalue weighted by Crippen LogP contribution is 2.36. The van der Waals surface area contributed by atoms with Crippen LogP contribution >= 0.6 is 23.2 Å². The molecule has 16 heavy (non-hydrogen) atoms. The zero-order valence-corrected chi connectivity index (χ0v) is 10.5. The minimum atomic E-state index is -0.842. The molecule has 0 spiro atoms. The lowest BCUT2D eigenvalue weighted by Crippen LogP contribution is -2.27. The van der Waals surface area contributed by atoms with Gasteiger partial charge in [-0.1, -0.05) is 23.2 Å². The zero-order chi connectivity index (χ0) is 11.6. The lowest BCUT2D eigenvalue weighted by atomic mass is 9.87. The summed E-state index contributed by atoms with van der Waals surface area (Å²) in [6.45, 7) is 1.75. The van der Waals surface area contributed by atoms with Gasteiger partial charge in [0.15, 0.2) is 0 Å². The van der Waals surface area contributed by atoms with Crippen molar-refractivity contribution in [3.8, 4) is 0 Å². The van der Waals surface area contributed by atoms with Crippen LogP contribution in [-0.4, -0.2) is 18.2 Å². The van der Waals surface area contributed by atoms with Gasteiger partial charge in [-0.15, -0.1) is 0 Å². The van der Waals surface area contributed by atoms with Gasteiger partial charge in [0.25, 0.3) is 0 Å². The number of hydrogen-bond acceptors (Lipinski definition) is 2. The van der Waals surface area contributed by atoms with E-state index in [4.69, 9.17) is 23.2 Å². The Kier molecular flexibility index (Phi) is 3.75. The lowest BCUT2D eigenvalue weighted by Gasteiger charge is -2.28. The Bertz CT molecular complexity index is 373. The van der Waals surface area contributed by atoms with Gasteiger partial charge in [-0.05, 0) is 50.6 Å². The van der Waals surface area contributed by atoms with Gasteiger partial charge in [-0.2, -0.15) is 0 Å². The molecule has 2 rings (SSSR count). The van der Waals surface area contributed by atoms with Crippen LogP contribution in [0.2, 0.25) is 10.0 Å². The van der Waals surface area contributed by atoms with Crippen molar-refractivity contribution >= 4 is 23.2 Å². The van der Waals surface area contributed by atoms with E-state index < -0.39 is 5.60 Å². The van der Waals surface area contributed by atoms with Gasteiger partial charge in [0.1, 0.15) is 0 Å². The van der Waals surface area contributed by atoms with E-state index in [2.05, 4.69) is 5.32 Å². The summed E-state index contributed by atoms with van der Waals surface area (Å²) in [5.41, 5.74) is -0.0868. The summed E-state index contributed by atoms with van der Waals surface area (Å²) in [4.78, 5) is 0. The van der Waals surface area contributed by atoms with Gasteiger partial charge >= 0.3 is 0 Å². The Hall–Kier alpha value is -0.280. The third kappa shape index (κ3) is 2.51. The average molecular weight is 260 g/mol. The minimum absolute atomic E-state index is 0.591. The summed E-state index contributed by atoms with van der Waals surface area (Å²) >= 11 is 12.1. The highest BCUT2D eigenvalue weighted by atomic mass is 35.5. The molecule has 0 aliphatic carbocycles. The first-order valence-corrected chi connectivity index (χ1v) is 6.26. The van der Waals surface area contributed by atoms with Crippen molar-refractivity contribution in [2.24, 2.45) is 0 Å². The molecule has 1 aromatic rings. The lowest BCUT2D eigenvalue weighted by molar-refractivity contribution is 0.0241. The average Bonchev–Trinajstić information content (AvgIpc) is 2.48. The van der Waals surface area contributed by atoms with E-state index in [-0.39, 0.29) is 0 Å². The van der Waals surface area contributed by atoms with Gasteiger partial charge in [0.2, 0.25) is 0 Å². The number of halogens is 2. The fraction of sp³-hybridized carbons (Fsp3) is 0.500. The second-order valence-electron chi connectivity index (χ2n) is 4.26. The van der Waals surface area contributed by atoms with Crippen LogP contribution in [0.5, 0.6) is 0 Å². The second kappa shape index (κ2) is 4.92. The van der Waals surface area contributed by atoms with Crippen molar-refractivity contribution in [2.75, 3.05) is 13.1 Å². The topological polar surface area (TPSA) is 32.3 Å². The fourth-order valence-corrected chi connectivity index (χ4v) is 2.64. The van der Waals surface area contributed by atoms with E-state index in [1.807, 2.05) is 0 Å². The molecule has 1 aliphatic rings. The molecule has 88 valence electrons. The Labute approximate surface area is 106 Å². The maximum Gasteiger partial charge on any atom is 0.0924 e. The van der Waals surface area contributed by atoms with Gasteiger partial charge < -0.3 is 10.4 Å². The number of nitrogens with one attached hydrogen (secondary N) is 1. The number of benzene rings is 1. The van der Waals surface area contributed by atoms with Crippen LogP contribution in [-0.2, 0) is 5.60 Å². The summed E-state index contributed by atoms with van der Waals surface area (Å²) in [5, 5.41) is 15.1. The third-order valence-electron chi connectivity index (χ3n) is 3.09. The summed E-state index contributed by atoms with van der Waals surface area (Å²) in [6, 6.07) is 5.26. The molecule has 0 amide bonds. The predicted octanol–water partition coefficient (Wildman–Crippen LogP) is 2.95. The van der Waals surface area contributed by atoms with Crippen LogP contribution in [0, 0.1) is 0 Å². The summed E-state index contributed by atoms with van der Waals surface area (Å²) in [7, 11) is 0. The predicted molar refractivity (Wildman–Crippen MR) is 67.1 cm³/mol. The molecule has 1 unspecified atom stereocenters. The van der Waals surface area contributed by atoms with E-state index in [9.17, 15) is 5.11 Å². The fourth-order valence-electron chi connectivity index (χ4n) is 2.17. The van der Waals surface area contributed by atoms with Crippen molar-refractivity contribution < 1.29 is 5.11 Å². The Morgan fingerprint density at radius 2 is 2.00 bits per heavy atom. The molecule has 0 saturated carbocycles. The maximum atomic E-state index is 10.6. The molecule has 1 aliphatic heterocycles. The number of hydrogen-bond donors (Lipinski definition) is 2. The van der Waals surface area contributed by atoms with Gasteiger partial charge in [-0.25, -0.2) is 0 Å². The largest absolute Gasteiger partial charge is 0.385 e. The molecule has 1 atom stereocenters. The van der Waals surface area contributed by atoms with Crippen LogP contribution in [0.4, 0.5) is 0 Å². The molecule has 1 heterocycles. The first-order valence-electron chi connectivity index (χ1n) is 5.50. The Morgan fingerprint density at radius 3 is 2.81 bits per heavy atom. The van der Waals surface area contributed by atoms with Crippen molar-refractivity contribution in [1.29, 1.82) is 0 Å². The Balaban J connectivity index is 2.36. The van der Waals surface area contributed by atoms with Crippen LogP contribution in [0.3, 0.4) is 0 Å². The van der Waals surface area contributed by atoms with E-state index in [0.29, 0.717) is 16.5 Å². The highest BCUT2D eigenvalue weighted by Gasteiger charge is 2.31. The standard InChI is InChI=1S/C12H15Cl2NO/c13-9-2-3-11(14)10(8-9)12(16)4-1-6-15-7-5-12/h2-3,8,15-16H,1,4-7H2. The smallest absolute Gasteiger partial charge is 0.0924 e. The molecule has 1 fully saturated rings. The van der Waals surface area contributed by atoms with Crippen molar-refractivity contribution in [3.63, 3.8) is 0 Å². The number of aliphatic hydroxyl groups is 1. The number of rotatable bonds is 1. The molecule has 2 nitrogen and oxygen atoms in total. The van der Waals surface area contributed by atoms with Gasteiger partial charge in [-0.3, -0.25) is 0 Å². The molecule has 0 aromatic heterocycles. The van der Waals surface area contributed by atoms with Crippen LogP contribution in [0.1, 0.15) is 24.8 Å². The second-order valence-corrected chi connectivity index (χ2v) is 5.10. The molecule has 2 N–H and O–H groups in total. The van der Waals surface area contributed by atoms with E-state index in [1.165, 1.54) is 0 Å². The summed E-state index contributed by atoms with van der Waals surface area (Å²) in [6.07, 6.45) is 2.34. The van der Waals surface area contributed by atoms with E-state index >= 15 is 0 Å². The van der Waals surface area contributed by atoms with Crippen molar-refractivity contribution in [3.05, 3.63) is 33.8 Å². The maximum absolute atomic E-state index is 10.6. The first kappa shape index (κ1) is 12.2. The van der Waals surface area contributed by atoms with Gasteiger partial charge in [0, 0.05) is 15.6 Å². The third-order valence-corrected chi connectivity index (χ3v) is 3.65. The molecule has 1 saturated heterocycles. The summed E-state index contributed by atoms with van der Waals surface area (Å²) < 4.78 is 0. The highest BCUT2D eigenvalue weighted by molar-refractivity contribution is 6.33. The molecule has 0 radical (unpaired) electrons. The normalized spacial score (nSPS) is 26.4. The van der Waals surface area contributed by atoms with E-state index in [0.717, 1.165) is 31.5 Å². The first-order chi connectivity index (χ1) is 7.62. The quantitative estimate of drug-likeness (QED) is 0.813. The molecule has 1 aromatic carbocycles. The molecular formula is C12H15Cl2NO. The molecule has 0 bridgehead atoms. The molecular weight excluding hydrogens is 245 g/mol. The van der Waals surface area contributed by atoms with Crippen LogP contribution in [0.15, 0.2) is 18.2 Å². The van der Waals surface area contributed by atoms with Crippen molar-refractivity contribution in [2.45, 2.75) is 24.9 Å². The SMILES string of the molecule is OC1(c2cc(Cl)ccc2Cl)CCCNCC1. The summed E-state index contributed by atoms with van der Waals surface area (Å²) in [5.74, 6) is 0. The monoisotopic (exact) mass is 259 g/mol. The van der Waals surface area contributed by atoms with E-state index in [1.54, 1.807) is 18.2 Å². The minimum Gasteiger partial charge on any atom is -0.385 e. The molecule has 4 heteroatoms.